The van der Waals surface area contributed by atoms with E-state index in [2.05, 4.69) is 170 Å². The Morgan fingerprint density at radius 3 is 1.55 bits per heavy atom. The highest BCUT2D eigenvalue weighted by atomic mass is 14.8. The highest BCUT2D eigenvalue weighted by Gasteiger charge is 2.46. The van der Waals surface area contributed by atoms with E-state index in [0.717, 1.165) is 39.1 Å². The van der Waals surface area contributed by atoms with Gasteiger partial charge in [-0.2, -0.15) is 0 Å². The Bertz CT molecular complexity index is 2690. The second-order valence-electron chi connectivity index (χ2n) is 13.2. The monoisotopic (exact) mass is 648 g/mol. The number of fused-ring (bicyclic) bond motifs is 6. The molecule has 1 aliphatic carbocycles. The van der Waals surface area contributed by atoms with Crippen molar-refractivity contribution in [3.05, 3.63) is 216 Å². The second-order valence-corrected chi connectivity index (χ2v) is 13.2. The van der Waals surface area contributed by atoms with E-state index < -0.39 is 5.41 Å². The van der Waals surface area contributed by atoms with Crippen LogP contribution in [0.1, 0.15) is 22.3 Å². The normalized spacial score (nSPS) is 12.9. The average Bonchev–Trinajstić information content (AvgIpc) is 3.52. The second kappa shape index (κ2) is 11.8. The van der Waals surface area contributed by atoms with Crippen molar-refractivity contribution in [1.82, 2.24) is 9.97 Å². The molecule has 0 fully saturated rings. The van der Waals surface area contributed by atoms with Crippen molar-refractivity contribution >= 4 is 21.8 Å². The predicted molar refractivity (Wildman–Crippen MR) is 211 cm³/mol. The summed E-state index contributed by atoms with van der Waals surface area (Å²) in [6, 6.07) is 69.7. The van der Waals surface area contributed by atoms with E-state index in [-0.39, 0.29) is 0 Å². The summed E-state index contributed by atoms with van der Waals surface area (Å²) < 4.78 is 0. The molecule has 0 amide bonds. The molecule has 2 nitrogen and oxygen atoms in total. The molecule has 8 aromatic carbocycles. The van der Waals surface area contributed by atoms with Crippen LogP contribution in [0.5, 0.6) is 0 Å². The lowest BCUT2D eigenvalue weighted by atomic mass is 9.67. The third-order valence-corrected chi connectivity index (χ3v) is 10.6. The first-order valence-electron chi connectivity index (χ1n) is 17.5. The summed E-state index contributed by atoms with van der Waals surface area (Å²) in [5.41, 5.74) is 15.2. The van der Waals surface area contributed by atoms with E-state index in [4.69, 9.17) is 9.97 Å². The lowest BCUT2D eigenvalue weighted by molar-refractivity contribution is 0.769. The first kappa shape index (κ1) is 29.3. The van der Waals surface area contributed by atoms with Crippen LogP contribution in [0, 0.1) is 0 Å². The van der Waals surface area contributed by atoms with Crippen molar-refractivity contribution in [2.45, 2.75) is 5.41 Å². The molecule has 0 bridgehead atoms. The Balaban J connectivity index is 1.31. The van der Waals surface area contributed by atoms with E-state index in [1.54, 1.807) is 0 Å². The van der Waals surface area contributed by atoms with Crippen LogP contribution in [0.3, 0.4) is 0 Å². The van der Waals surface area contributed by atoms with Gasteiger partial charge in [-0.05, 0) is 67.4 Å². The average molecular weight is 649 g/mol. The zero-order valence-electron chi connectivity index (χ0n) is 27.9. The number of aromatic nitrogens is 2. The van der Waals surface area contributed by atoms with Gasteiger partial charge >= 0.3 is 0 Å². The smallest absolute Gasteiger partial charge is 0.0979 e. The van der Waals surface area contributed by atoms with Gasteiger partial charge in [0.15, 0.2) is 0 Å². The van der Waals surface area contributed by atoms with Gasteiger partial charge in [-0.1, -0.05) is 182 Å². The third kappa shape index (κ3) is 4.43. The van der Waals surface area contributed by atoms with Crippen LogP contribution < -0.4 is 0 Å². The zero-order valence-corrected chi connectivity index (χ0v) is 27.9. The van der Waals surface area contributed by atoms with Crippen LogP contribution in [0.15, 0.2) is 194 Å². The highest BCUT2D eigenvalue weighted by molar-refractivity contribution is 6.12. The largest absolute Gasteiger partial charge is 0.244 e. The van der Waals surface area contributed by atoms with Crippen LogP contribution in [0.4, 0.5) is 0 Å². The molecule has 1 aromatic heterocycles. The molecular formula is C49H32N2. The highest BCUT2D eigenvalue weighted by Crippen LogP contribution is 2.58. The molecule has 0 N–H and O–H groups in total. The Kier molecular flexibility index (Phi) is 6.75. The van der Waals surface area contributed by atoms with Gasteiger partial charge < -0.3 is 0 Å². The van der Waals surface area contributed by atoms with Crippen LogP contribution in [0.2, 0.25) is 0 Å². The zero-order chi connectivity index (χ0) is 33.8. The fraction of sp³-hybridized carbons (Fsp3) is 0.0204. The van der Waals surface area contributed by atoms with E-state index in [9.17, 15) is 0 Å². The van der Waals surface area contributed by atoms with E-state index in [1.165, 1.54) is 49.7 Å². The van der Waals surface area contributed by atoms with Gasteiger partial charge in [-0.15, -0.1) is 0 Å². The maximum Gasteiger partial charge on any atom is 0.0979 e. The molecule has 1 heterocycles. The summed E-state index contributed by atoms with van der Waals surface area (Å²) in [6.07, 6.45) is 0. The van der Waals surface area contributed by atoms with Crippen LogP contribution >= 0.6 is 0 Å². The number of para-hydroxylation sites is 2. The third-order valence-electron chi connectivity index (χ3n) is 10.6. The van der Waals surface area contributed by atoms with Crippen LogP contribution in [-0.2, 0) is 5.41 Å². The molecule has 0 saturated heterocycles. The van der Waals surface area contributed by atoms with Crippen LogP contribution in [0.25, 0.3) is 66.6 Å². The fourth-order valence-corrected chi connectivity index (χ4v) is 8.44. The number of hydrogen-bond acceptors (Lipinski definition) is 2. The van der Waals surface area contributed by atoms with Gasteiger partial charge in [-0.3, -0.25) is 0 Å². The lowest BCUT2D eigenvalue weighted by Gasteiger charge is -2.34. The van der Waals surface area contributed by atoms with Crippen molar-refractivity contribution in [3.63, 3.8) is 0 Å². The van der Waals surface area contributed by atoms with Gasteiger partial charge in [0.2, 0.25) is 0 Å². The van der Waals surface area contributed by atoms with Gasteiger partial charge in [-0.25, -0.2) is 9.97 Å². The number of rotatable bonds is 5. The summed E-state index contributed by atoms with van der Waals surface area (Å²) in [6.45, 7) is 0. The Morgan fingerprint density at radius 2 is 0.863 bits per heavy atom. The minimum atomic E-state index is -0.473. The summed E-state index contributed by atoms with van der Waals surface area (Å²) in [7, 11) is 0. The maximum absolute atomic E-state index is 5.34. The molecule has 238 valence electrons. The van der Waals surface area contributed by atoms with Crippen molar-refractivity contribution in [2.75, 3.05) is 0 Å². The molecule has 0 saturated carbocycles. The standard InChI is InChI=1S/C49H32N2/c1-4-17-34(18-5-1)47-48(51-44-30-15-14-29-43(44)50-47)39-25-11-10-24-37(39)38-27-16-19-33-31-32-42-46(45(33)38)40-26-12-13-28-41(40)49(42,35-20-6-2-7-21-35)36-22-8-3-9-23-36/h1-32H. The molecule has 0 radical (unpaired) electrons. The van der Waals surface area contributed by atoms with Gasteiger partial charge in [0.25, 0.3) is 0 Å². The quantitative estimate of drug-likeness (QED) is 0.186. The van der Waals surface area contributed by atoms with E-state index >= 15 is 0 Å². The predicted octanol–water partition coefficient (Wildman–Crippen LogP) is 12.1. The number of hydrogen-bond donors (Lipinski definition) is 0. The molecule has 0 atom stereocenters. The van der Waals surface area contributed by atoms with Gasteiger partial charge in [0.05, 0.1) is 27.8 Å². The SMILES string of the molecule is c1ccc(-c2nc3ccccc3nc2-c2ccccc2-c2cccc3ccc4c(c23)-c2ccccc2C4(c2ccccc2)c2ccccc2)cc1. The first-order valence-corrected chi connectivity index (χ1v) is 17.5. The van der Waals surface area contributed by atoms with E-state index in [0.29, 0.717) is 0 Å². The summed E-state index contributed by atoms with van der Waals surface area (Å²) in [5.74, 6) is 0. The minimum absolute atomic E-state index is 0.473. The van der Waals surface area contributed by atoms with Gasteiger partial charge in [0.1, 0.15) is 0 Å². The molecule has 10 rings (SSSR count). The summed E-state index contributed by atoms with van der Waals surface area (Å²) in [5, 5.41) is 2.46. The van der Waals surface area contributed by atoms with Crippen molar-refractivity contribution in [2.24, 2.45) is 0 Å². The molecule has 51 heavy (non-hydrogen) atoms. The number of nitrogens with zero attached hydrogens (tertiary/aromatic N) is 2. The Morgan fingerprint density at radius 1 is 0.333 bits per heavy atom. The van der Waals surface area contributed by atoms with Gasteiger partial charge in [0, 0.05) is 11.1 Å². The van der Waals surface area contributed by atoms with Crippen molar-refractivity contribution < 1.29 is 0 Å². The van der Waals surface area contributed by atoms with E-state index in [1.807, 2.05) is 24.3 Å². The minimum Gasteiger partial charge on any atom is -0.244 e. The maximum atomic E-state index is 5.34. The Hall–Kier alpha value is -6.64. The molecule has 0 aliphatic heterocycles. The molecule has 0 spiro atoms. The molecule has 1 aliphatic rings. The first-order chi connectivity index (χ1) is 25.3. The van der Waals surface area contributed by atoms with Crippen molar-refractivity contribution in [1.29, 1.82) is 0 Å². The molecule has 0 unspecified atom stereocenters. The molecule has 9 aromatic rings. The topological polar surface area (TPSA) is 25.8 Å². The molecular weight excluding hydrogens is 617 g/mol. The Labute approximate surface area is 297 Å². The number of benzene rings is 8. The fourth-order valence-electron chi connectivity index (χ4n) is 8.44. The summed E-state index contributed by atoms with van der Waals surface area (Å²) >= 11 is 0. The molecule has 2 heteroatoms. The van der Waals surface area contributed by atoms with Crippen molar-refractivity contribution in [3.8, 4) is 44.8 Å². The lowest BCUT2D eigenvalue weighted by Crippen LogP contribution is -2.28. The van der Waals surface area contributed by atoms with Crippen LogP contribution in [-0.4, -0.2) is 9.97 Å². The summed E-state index contributed by atoms with van der Waals surface area (Å²) in [4.78, 5) is 10.6.